The van der Waals surface area contributed by atoms with Crippen LogP contribution in [0.3, 0.4) is 0 Å². The van der Waals surface area contributed by atoms with Gasteiger partial charge in [-0.05, 0) is 24.5 Å². The first-order chi connectivity index (χ1) is 13.7. The van der Waals surface area contributed by atoms with Crippen LogP contribution in [0.25, 0.3) is 0 Å². The van der Waals surface area contributed by atoms with E-state index in [9.17, 15) is 9.59 Å². The van der Waals surface area contributed by atoms with Gasteiger partial charge in [-0.3, -0.25) is 9.59 Å². The summed E-state index contributed by atoms with van der Waals surface area (Å²) >= 11 is 0. The predicted octanol–water partition coefficient (Wildman–Crippen LogP) is 3.11. The van der Waals surface area contributed by atoms with Gasteiger partial charge in [-0.25, -0.2) is 0 Å². The maximum Gasteiger partial charge on any atom is 0.260 e. The Bertz CT molecular complexity index is 650. The van der Waals surface area contributed by atoms with E-state index < -0.39 is 0 Å². The zero-order valence-electron chi connectivity index (χ0n) is 16.9. The third-order valence-corrected chi connectivity index (χ3v) is 5.90. The van der Waals surface area contributed by atoms with Gasteiger partial charge in [0, 0.05) is 32.6 Å². The lowest BCUT2D eigenvalue weighted by atomic mass is 9.86. The van der Waals surface area contributed by atoms with Gasteiger partial charge in [0.05, 0.1) is 7.11 Å². The van der Waals surface area contributed by atoms with Crippen molar-refractivity contribution in [3.63, 3.8) is 0 Å². The van der Waals surface area contributed by atoms with Crippen LogP contribution >= 0.6 is 0 Å². The minimum atomic E-state index is -0.0554. The average Bonchev–Trinajstić information content (AvgIpc) is 2.76. The number of carbonyl (C=O) groups excluding carboxylic acids is 2. The average molecular weight is 389 g/mol. The summed E-state index contributed by atoms with van der Waals surface area (Å²) < 4.78 is 10.9. The van der Waals surface area contributed by atoms with E-state index in [2.05, 4.69) is 0 Å². The van der Waals surface area contributed by atoms with Crippen LogP contribution in [0.5, 0.6) is 11.5 Å². The molecule has 3 rings (SSSR count). The summed E-state index contributed by atoms with van der Waals surface area (Å²) in [5.74, 6) is 2.09. The summed E-state index contributed by atoms with van der Waals surface area (Å²) in [5.41, 5.74) is 0. The third kappa shape index (κ3) is 5.63. The molecule has 1 aliphatic carbocycles. The van der Waals surface area contributed by atoms with Gasteiger partial charge in [-0.15, -0.1) is 0 Å². The molecule has 0 aromatic heterocycles. The standard InChI is InChI=1S/C22H32N2O4/c1-27-19-9-5-6-10-20(19)28-17-22(26)24-15-13-23(14-16-24)21(25)12-11-18-7-3-2-4-8-18/h5-6,9-10,18H,2-4,7-8,11-17H2,1H3. The molecule has 1 aliphatic heterocycles. The second kappa shape index (κ2) is 10.3. The lowest BCUT2D eigenvalue weighted by Crippen LogP contribution is -2.51. The second-order valence-corrected chi connectivity index (χ2v) is 7.74. The van der Waals surface area contributed by atoms with E-state index in [1.54, 1.807) is 24.1 Å². The van der Waals surface area contributed by atoms with E-state index in [-0.39, 0.29) is 18.4 Å². The SMILES string of the molecule is COc1ccccc1OCC(=O)N1CCN(C(=O)CCC2CCCCC2)CC1. The quantitative estimate of drug-likeness (QED) is 0.720. The van der Waals surface area contributed by atoms with Crippen LogP contribution in [0.1, 0.15) is 44.9 Å². The molecule has 0 atom stereocenters. The topological polar surface area (TPSA) is 59.1 Å². The van der Waals surface area contributed by atoms with Crippen molar-refractivity contribution in [1.29, 1.82) is 0 Å². The highest BCUT2D eigenvalue weighted by Crippen LogP contribution is 2.28. The Morgan fingerprint density at radius 3 is 2.18 bits per heavy atom. The molecule has 1 saturated heterocycles. The Balaban J connectivity index is 1.38. The monoisotopic (exact) mass is 388 g/mol. The fourth-order valence-electron chi connectivity index (χ4n) is 4.14. The Hall–Kier alpha value is -2.24. The fraction of sp³-hybridized carbons (Fsp3) is 0.636. The molecule has 0 spiro atoms. The number of hydrogen-bond acceptors (Lipinski definition) is 4. The van der Waals surface area contributed by atoms with Gasteiger partial charge in [-0.2, -0.15) is 0 Å². The van der Waals surface area contributed by atoms with E-state index in [4.69, 9.17) is 9.47 Å². The summed E-state index contributed by atoms with van der Waals surface area (Å²) in [4.78, 5) is 28.6. The highest BCUT2D eigenvalue weighted by molar-refractivity contribution is 5.79. The third-order valence-electron chi connectivity index (χ3n) is 5.90. The van der Waals surface area contributed by atoms with Gasteiger partial charge in [0.15, 0.2) is 18.1 Å². The highest BCUT2D eigenvalue weighted by Gasteiger charge is 2.25. The van der Waals surface area contributed by atoms with Crippen LogP contribution in [0.15, 0.2) is 24.3 Å². The van der Waals surface area contributed by atoms with Gasteiger partial charge >= 0.3 is 0 Å². The summed E-state index contributed by atoms with van der Waals surface area (Å²) in [6, 6.07) is 7.30. The van der Waals surface area contributed by atoms with Crippen molar-refractivity contribution in [3.8, 4) is 11.5 Å². The first-order valence-electron chi connectivity index (χ1n) is 10.5. The number of carbonyl (C=O) groups is 2. The van der Waals surface area contributed by atoms with Crippen LogP contribution in [-0.2, 0) is 9.59 Å². The van der Waals surface area contributed by atoms with E-state index >= 15 is 0 Å². The number of benzene rings is 1. The molecule has 154 valence electrons. The molecule has 1 saturated carbocycles. The van der Waals surface area contributed by atoms with E-state index in [1.807, 2.05) is 17.0 Å². The molecule has 1 heterocycles. The molecule has 2 fully saturated rings. The van der Waals surface area contributed by atoms with Crippen LogP contribution in [0.2, 0.25) is 0 Å². The predicted molar refractivity (Wildman–Crippen MR) is 107 cm³/mol. The number of hydrogen-bond donors (Lipinski definition) is 0. The van der Waals surface area contributed by atoms with Gasteiger partial charge < -0.3 is 19.3 Å². The smallest absolute Gasteiger partial charge is 0.260 e. The molecule has 0 radical (unpaired) electrons. The maximum absolute atomic E-state index is 12.5. The molecule has 6 heteroatoms. The number of amides is 2. The summed E-state index contributed by atoms with van der Waals surface area (Å²) in [7, 11) is 1.58. The van der Waals surface area contributed by atoms with E-state index in [0.717, 1.165) is 12.3 Å². The van der Waals surface area contributed by atoms with E-state index in [1.165, 1.54) is 32.1 Å². The largest absolute Gasteiger partial charge is 0.493 e. The van der Waals surface area contributed by atoms with Crippen LogP contribution in [0.4, 0.5) is 0 Å². The Morgan fingerprint density at radius 1 is 0.929 bits per heavy atom. The van der Waals surface area contributed by atoms with Crippen LogP contribution < -0.4 is 9.47 Å². The number of ether oxygens (including phenoxy) is 2. The van der Waals surface area contributed by atoms with Gasteiger partial charge in [0.1, 0.15) is 0 Å². The van der Waals surface area contributed by atoms with Crippen LogP contribution in [-0.4, -0.2) is 61.5 Å². The minimum Gasteiger partial charge on any atom is -0.493 e. The number of rotatable bonds is 7. The highest BCUT2D eigenvalue weighted by atomic mass is 16.5. The zero-order valence-corrected chi connectivity index (χ0v) is 16.9. The Kier molecular flexibility index (Phi) is 7.57. The molecule has 1 aromatic rings. The summed E-state index contributed by atoms with van der Waals surface area (Å²) in [6.45, 7) is 2.36. The van der Waals surface area contributed by atoms with Crippen molar-refractivity contribution in [3.05, 3.63) is 24.3 Å². The van der Waals surface area contributed by atoms with Gasteiger partial charge in [-0.1, -0.05) is 44.2 Å². The van der Waals surface area contributed by atoms with Crippen molar-refractivity contribution >= 4 is 11.8 Å². The van der Waals surface area contributed by atoms with Crippen molar-refractivity contribution in [2.75, 3.05) is 39.9 Å². The lowest BCUT2D eigenvalue weighted by Gasteiger charge is -2.35. The van der Waals surface area contributed by atoms with Gasteiger partial charge in [0.25, 0.3) is 5.91 Å². The zero-order chi connectivity index (χ0) is 19.8. The molecule has 28 heavy (non-hydrogen) atoms. The Morgan fingerprint density at radius 2 is 1.54 bits per heavy atom. The molecule has 6 nitrogen and oxygen atoms in total. The second-order valence-electron chi connectivity index (χ2n) is 7.74. The number of nitrogens with zero attached hydrogens (tertiary/aromatic N) is 2. The van der Waals surface area contributed by atoms with Crippen molar-refractivity contribution in [2.45, 2.75) is 44.9 Å². The van der Waals surface area contributed by atoms with Crippen LogP contribution in [0, 0.1) is 5.92 Å². The molecule has 2 amide bonds. The van der Waals surface area contributed by atoms with E-state index in [0.29, 0.717) is 44.1 Å². The molecule has 0 N–H and O–H groups in total. The van der Waals surface area contributed by atoms with Gasteiger partial charge in [0.2, 0.25) is 5.91 Å². The molecule has 2 aliphatic rings. The Labute approximate surface area is 167 Å². The molecule has 0 unspecified atom stereocenters. The normalized spacial score (nSPS) is 18.0. The molecule has 0 bridgehead atoms. The first-order valence-corrected chi connectivity index (χ1v) is 10.5. The maximum atomic E-state index is 12.5. The fourth-order valence-corrected chi connectivity index (χ4v) is 4.14. The molecular formula is C22H32N2O4. The van der Waals surface area contributed by atoms with Crippen molar-refractivity contribution in [1.82, 2.24) is 9.80 Å². The minimum absolute atomic E-state index is 0.0179. The van der Waals surface area contributed by atoms with Crippen molar-refractivity contribution in [2.24, 2.45) is 5.92 Å². The summed E-state index contributed by atoms with van der Waals surface area (Å²) in [5, 5.41) is 0. The number of piperazine rings is 1. The molecule has 1 aromatic carbocycles. The first kappa shape index (κ1) is 20.5. The lowest BCUT2D eigenvalue weighted by molar-refractivity contribution is -0.140. The summed E-state index contributed by atoms with van der Waals surface area (Å²) in [6.07, 6.45) is 8.21. The van der Waals surface area contributed by atoms with Crippen molar-refractivity contribution < 1.29 is 19.1 Å². The number of methoxy groups -OCH3 is 1. The molecular weight excluding hydrogens is 356 g/mol. The number of para-hydroxylation sites is 2.